The molecule has 4 heteroatoms. The molecular formula is C9H15BO3. The molecule has 0 aliphatic carbocycles. The van der Waals surface area contributed by atoms with Crippen LogP contribution >= 0.6 is 0 Å². The number of aromatic hydroxyl groups is 1. The van der Waals surface area contributed by atoms with Gasteiger partial charge in [-0.05, 0) is 17.5 Å². The highest BCUT2D eigenvalue weighted by molar-refractivity contribution is 6.13. The zero-order chi connectivity index (χ0) is 10.3. The molecule has 0 fully saturated rings. The zero-order valence-electron chi connectivity index (χ0n) is 7.94. The molecule has 1 aromatic rings. The maximum absolute atomic E-state index is 9.28. The van der Waals surface area contributed by atoms with E-state index in [4.69, 9.17) is 10.0 Å². The van der Waals surface area contributed by atoms with Crippen molar-refractivity contribution in [3.8, 4) is 5.75 Å². The summed E-state index contributed by atoms with van der Waals surface area (Å²) in [6.07, 6.45) is 0. The van der Waals surface area contributed by atoms with Crippen molar-refractivity contribution in [2.75, 3.05) is 0 Å². The van der Waals surface area contributed by atoms with Crippen molar-refractivity contribution < 1.29 is 15.2 Å². The van der Waals surface area contributed by atoms with Crippen LogP contribution in [0.4, 0.5) is 0 Å². The molecule has 0 aliphatic rings. The fourth-order valence-electron chi connectivity index (χ4n) is 0.976. The second-order valence-electron chi connectivity index (χ2n) is 2.85. The smallest absolute Gasteiger partial charge is 0.432 e. The Balaban J connectivity index is 0.000000424. The molecule has 0 unspecified atom stereocenters. The summed E-state index contributed by atoms with van der Waals surface area (Å²) in [7, 11) is -0.750. The number of benzene rings is 1. The first-order chi connectivity index (χ1) is 6.13. The third-order valence-corrected chi connectivity index (χ3v) is 1.56. The molecule has 72 valence electrons. The fourth-order valence-corrected chi connectivity index (χ4v) is 0.976. The van der Waals surface area contributed by atoms with Gasteiger partial charge in [0.05, 0.1) is 0 Å². The van der Waals surface area contributed by atoms with Crippen molar-refractivity contribution >= 4 is 7.69 Å². The Morgan fingerprint density at radius 2 is 1.62 bits per heavy atom. The van der Waals surface area contributed by atoms with Gasteiger partial charge in [0.1, 0.15) is 5.75 Å². The molecule has 3 nitrogen and oxygen atoms in total. The molecule has 0 aromatic heterocycles. The van der Waals surface area contributed by atoms with Crippen LogP contribution in [0.25, 0.3) is 0 Å². The van der Waals surface area contributed by atoms with Gasteiger partial charge in [-0.25, -0.2) is 0 Å². The Kier molecular flexibility index (Phi) is 6.01. The summed E-state index contributed by atoms with van der Waals surface area (Å²) in [4.78, 5) is 0. The SMILES string of the molecule is CC(C)c1ccccc1O.OBO. The molecule has 0 spiro atoms. The summed E-state index contributed by atoms with van der Waals surface area (Å²) in [5, 5.41) is 23.5. The van der Waals surface area contributed by atoms with Gasteiger partial charge >= 0.3 is 7.69 Å². The molecule has 0 radical (unpaired) electrons. The predicted octanol–water partition coefficient (Wildman–Crippen LogP) is 0.753. The standard InChI is InChI=1S/C9H12O.BH3O2/c1-7(2)8-5-3-4-6-9(8)10;2-1-3/h3-7,10H,1-2H3;1-3H. The molecule has 0 heterocycles. The van der Waals surface area contributed by atoms with E-state index in [0.29, 0.717) is 11.7 Å². The number of rotatable bonds is 1. The molecule has 0 saturated heterocycles. The first kappa shape index (κ1) is 12.0. The van der Waals surface area contributed by atoms with Crippen molar-refractivity contribution in [2.24, 2.45) is 0 Å². The molecular weight excluding hydrogens is 167 g/mol. The van der Waals surface area contributed by atoms with E-state index >= 15 is 0 Å². The van der Waals surface area contributed by atoms with Gasteiger partial charge in [0.15, 0.2) is 0 Å². The Morgan fingerprint density at radius 1 is 1.15 bits per heavy atom. The van der Waals surface area contributed by atoms with Crippen molar-refractivity contribution in [1.82, 2.24) is 0 Å². The van der Waals surface area contributed by atoms with E-state index in [2.05, 4.69) is 13.8 Å². The molecule has 3 N–H and O–H groups in total. The molecule has 0 bridgehead atoms. The summed E-state index contributed by atoms with van der Waals surface area (Å²) >= 11 is 0. The highest BCUT2D eigenvalue weighted by atomic mass is 16.4. The van der Waals surface area contributed by atoms with Gasteiger partial charge in [0.25, 0.3) is 0 Å². The minimum absolute atomic E-state index is 0.400. The largest absolute Gasteiger partial charge is 0.508 e. The third kappa shape index (κ3) is 4.55. The lowest BCUT2D eigenvalue weighted by Crippen LogP contribution is -1.85. The van der Waals surface area contributed by atoms with E-state index in [9.17, 15) is 5.11 Å². The van der Waals surface area contributed by atoms with Crippen molar-refractivity contribution in [3.05, 3.63) is 29.8 Å². The van der Waals surface area contributed by atoms with Gasteiger partial charge in [-0.2, -0.15) is 0 Å². The van der Waals surface area contributed by atoms with Gasteiger partial charge in [-0.3, -0.25) is 0 Å². The normalized spacial score (nSPS) is 9.00. The number of hydrogen-bond acceptors (Lipinski definition) is 3. The summed E-state index contributed by atoms with van der Waals surface area (Å²) in [5.74, 6) is 0.804. The highest BCUT2D eigenvalue weighted by Gasteiger charge is 2.01. The maximum atomic E-state index is 9.28. The lowest BCUT2D eigenvalue weighted by molar-refractivity contribution is 0.448. The molecule has 1 aromatic carbocycles. The molecule has 1 rings (SSSR count). The van der Waals surface area contributed by atoms with Crippen LogP contribution in [0.2, 0.25) is 0 Å². The van der Waals surface area contributed by atoms with Gasteiger partial charge < -0.3 is 15.2 Å². The van der Waals surface area contributed by atoms with Gasteiger partial charge in [-0.1, -0.05) is 32.0 Å². The van der Waals surface area contributed by atoms with Crippen molar-refractivity contribution in [3.63, 3.8) is 0 Å². The fraction of sp³-hybridized carbons (Fsp3) is 0.333. The van der Waals surface area contributed by atoms with E-state index in [0.717, 1.165) is 5.56 Å². The topological polar surface area (TPSA) is 60.7 Å². The van der Waals surface area contributed by atoms with Crippen LogP contribution in [0, 0.1) is 0 Å². The van der Waals surface area contributed by atoms with Crippen LogP contribution in [-0.2, 0) is 0 Å². The van der Waals surface area contributed by atoms with Crippen LogP contribution in [0.3, 0.4) is 0 Å². The van der Waals surface area contributed by atoms with E-state index in [1.54, 1.807) is 6.07 Å². The Bertz CT molecular complexity index is 238. The molecule has 13 heavy (non-hydrogen) atoms. The molecule has 0 aliphatic heterocycles. The Labute approximate surface area is 79.0 Å². The molecule has 0 amide bonds. The quantitative estimate of drug-likeness (QED) is 0.561. The number of phenolic OH excluding ortho intramolecular Hbond substituents is 1. The minimum Gasteiger partial charge on any atom is -0.508 e. The first-order valence-electron chi connectivity index (χ1n) is 4.13. The first-order valence-corrected chi connectivity index (χ1v) is 4.13. The lowest BCUT2D eigenvalue weighted by atomic mass is 10.0. The zero-order valence-corrected chi connectivity index (χ0v) is 7.94. The van der Waals surface area contributed by atoms with Gasteiger partial charge in [-0.15, -0.1) is 0 Å². The van der Waals surface area contributed by atoms with E-state index in [1.165, 1.54) is 0 Å². The predicted molar refractivity (Wildman–Crippen MR) is 53.8 cm³/mol. The van der Waals surface area contributed by atoms with E-state index < -0.39 is 7.69 Å². The van der Waals surface area contributed by atoms with Gasteiger partial charge in [0.2, 0.25) is 0 Å². The Hall–Kier alpha value is -0.995. The van der Waals surface area contributed by atoms with Crippen LogP contribution in [0.1, 0.15) is 25.3 Å². The average Bonchev–Trinajstić information content (AvgIpc) is 2.06. The monoisotopic (exact) mass is 182 g/mol. The number of hydrogen-bond donors (Lipinski definition) is 3. The Morgan fingerprint density at radius 3 is 1.92 bits per heavy atom. The minimum atomic E-state index is -0.750. The molecule has 0 saturated carbocycles. The number of para-hydroxylation sites is 1. The maximum Gasteiger partial charge on any atom is 0.432 e. The second kappa shape index (κ2) is 6.51. The summed E-state index contributed by atoms with van der Waals surface area (Å²) < 4.78 is 0. The summed E-state index contributed by atoms with van der Waals surface area (Å²) in [6.45, 7) is 4.13. The molecule has 0 atom stereocenters. The highest BCUT2D eigenvalue weighted by Crippen LogP contribution is 2.23. The number of phenols is 1. The van der Waals surface area contributed by atoms with Crippen molar-refractivity contribution in [2.45, 2.75) is 19.8 Å². The van der Waals surface area contributed by atoms with Crippen LogP contribution in [0.15, 0.2) is 24.3 Å². The van der Waals surface area contributed by atoms with Crippen molar-refractivity contribution in [1.29, 1.82) is 0 Å². The summed E-state index contributed by atoms with van der Waals surface area (Å²) in [6, 6.07) is 7.44. The lowest BCUT2D eigenvalue weighted by Gasteiger charge is -2.05. The van der Waals surface area contributed by atoms with Crippen LogP contribution in [0.5, 0.6) is 5.75 Å². The second-order valence-corrected chi connectivity index (χ2v) is 2.85. The third-order valence-electron chi connectivity index (χ3n) is 1.56. The van der Waals surface area contributed by atoms with Gasteiger partial charge in [0, 0.05) is 0 Å². The summed E-state index contributed by atoms with van der Waals surface area (Å²) in [5.41, 5.74) is 1.02. The van der Waals surface area contributed by atoms with E-state index in [-0.39, 0.29) is 0 Å². The van der Waals surface area contributed by atoms with Crippen LogP contribution in [-0.4, -0.2) is 22.8 Å². The van der Waals surface area contributed by atoms with E-state index in [1.807, 2.05) is 18.2 Å². The average molecular weight is 182 g/mol. The van der Waals surface area contributed by atoms with Crippen LogP contribution < -0.4 is 0 Å².